The van der Waals surface area contributed by atoms with Crippen molar-refractivity contribution in [2.75, 3.05) is 0 Å². The van der Waals surface area contributed by atoms with Crippen LogP contribution in [0.25, 0.3) is 0 Å². The Balaban J connectivity index is 1.95. The van der Waals surface area contributed by atoms with Gasteiger partial charge in [0.05, 0.1) is 6.04 Å². The van der Waals surface area contributed by atoms with Crippen LogP contribution < -0.4 is 10.1 Å². The molecule has 1 amide bonds. The summed E-state index contributed by atoms with van der Waals surface area (Å²) in [4.78, 5) is 12.4. The predicted molar refractivity (Wildman–Crippen MR) is 103 cm³/mol. The third kappa shape index (κ3) is 5.50. The largest absolute Gasteiger partial charge is 0.481 e. The second kappa shape index (κ2) is 7.92. The van der Waals surface area contributed by atoms with E-state index < -0.39 is 6.10 Å². The fourth-order valence-electron chi connectivity index (χ4n) is 2.46. The molecule has 0 aliphatic carbocycles. The average molecular weight is 360 g/mol. The van der Waals surface area contributed by atoms with Gasteiger partial charge in [0.1, 0.15) is 5.75 Å². The molecule has 3 nitrogen and oxygen atoms in total. The van der Waals surface area contributed by atoms with Crippen LogP contribution in [0, 0.1) is 0 Å². The Morgan fingerprint density at radius 3 is 2.08 bits per heavy atom. The SMILES string of the molecule is C[C@H](Oc1ccc(Cl)cc1)C(=O)N[C@@H](C)c1ccc(C(C)(C)C)cc1. The molecule has 0 bridgehead atoms. The Morgan fingerprint density at radius 1 is 1.00 bits per heavy atom. The molecule has 2 aromatic carbocycles. The molecular formula is C21H26ClNO2. The summed E-state index contributed by atoms with van der Waals surface area (Å²) < 4.78 is 5.66. The molecule has 2 rings (SSSR count). The third-order valence-corrected chi connectivity index (χ3v) is 4.38. The summed E-state index contributed by atoms with van der Waals surface area (Å²) in [6, 6.07) is 15.3. The summed E-state index contributed by atoms with van der Waals surface area (Å²) in [6.07, 6.45) is -0.586. The van der Waals surface area contributed by atoms with Crippen LogP contribution in [-0.2, 0) is 10.2 Å². The molecule has 4 heteroatoms. The highest BCUT2D eigenvalue weighted by Gasteiger charge is 2.19. The van der Waals surface area contributed by atoms with Crippen molar-refractivity contribution in [1.82, 2.24) is 5.32 Å². The quantitative estimate of drug-likeness (QED) is 0.788. The first kappa shape index (κ1) is 19.3. The number of amides is 1. The second-order valence-corrected chi connectivity index (χ2v) is 7.75. The molecule has 25 heavy (non-hydrogen) atoms. The van der Waals surface area contributed by atoms with E-state index in [4.69, 9.17) is 16.3 Å². The van der Waals surface area contributed by atoms with Gasteiger partial charge in [-0.1, -0.05) is 56.6 Å². The lowest BCUT2D eigenvalue weighted by atomic mass is 9.86. The number of carbonyl (C=O) groups excluding carboxylic acids is 1. The zero-order valence-electron chi connectivity index (χ0n) is 15.5. The summed E-state index contributed by atoms with van der Waals surface area (Å²) >= 11 is 5.85. The molecule has 134 valence electrons. The van der Waals surface area contributed by atoms with Crippen LogP contribution in [0.15, 0.2) is 48.5 Å². The molecule has 0 unspecified atom stereocenters. The molecule has 2 atom stereocenters. The Bertz CT molecular complexity index is 702. The normalized spacial score (nSPS) is 13.8. The maximum Gasteiger partial charge on any atom is 0.261 e. The van der Waals surface area contributed by atoms with Gasteiger partial charge in [-0.25, -0.2) is 0 Å². The summed E-state index contributed by atoms with van der Waals surface area (Å²) in [6.45, 7) is 10.3. The van der Waals surface area contributed by atoms with E-state index in [2.05, 4.69) is 50.4 Å². The van der Waals surface area contributed by atoms with E-state index in [0.717, 1.165) is 5.56 Å². The molecular weight excluding hydrogens is 334 g/mol. The number of hydrogen-bond donors (Lipinski definition) is 1. The monoisotopic (exact) mass is 359 g/mol. The molecule has 0 saturated carbocycles. The highest BCUT2D eigenvalue weighted by atomic mass is 35.5. The van der Waals surface area contributed by atoms with Gasteiger partial charge in [-0.15, -0.1) is 0 Å². The number of carbonyl (C=O) groups is 1. The van der Waals surface area contributed by atoms with Crippen molar-refractivity contribution in [1.29, 1.82) is 0 Å². The van der Waals surface area contributed by atoms with Gasteiger partial charge >= 0.3 is 0 Å². The summed E-state index contributed by atoms with van der Waals surface area (Å²) in [7, 11) is 0. The Hall–Kier alpha value is -2.00. The van der Waals surface area contributed by atoms with Gasteiger partial charge < -0.3 is 10.1 Å². The minimum absolute atomic E-state index is 0.0854. The lowest BCUT2D eigenvalue weighted by Crippen LogP contribution is -2.37. The van der Waals surface area contributed by atoms with Crippen molar-refractivity contribution >= 4 is 17.5 Å². The van der Waals surface area contributed by atoms with E-state index in [1.165, 1.54) is 5.56 Å². The van der Waals surface area contributed by atoms with Crippen molar-refractivity contribution in [2.45, 2.75) is 52.2 Å². The van der Waals surface area contributed by atoms with E-state index in [-0.39, 0.29) is 17.4 Å². The fourth-order valence-corrected chi connectivity index (χ4v) is 2.58. The number of hydrogen-bond acceptors (Lipinski definition) is 2. The maximum absolute atomic E-state index is 12.4. The Labute approximate surface area is 155 Å². The third-order valence-electron chi connectivity index (χ3n) is 4.13. The van der Waals surface area contributed by atoms with Crippen LogP contribution >= 0.6 is 11.6 Å². The molecule has 0 aliphatic heterocycles. The zero-order chi connectivity index (χ0) is 18.6. The van der Waals surface area contributed by atoms with Gasteiger partial charge in [-0.3, -0.25) is 4.79 Å². The van der Waals surface area contributed by atoms with Gasteiger partial charge in [0, 0.05) is 5.02 Å². The van der Waals surface area contributed by atoms with Crippen LogP contribution in [0.5, 0.6) is 5.75 Å². The summed E-state index contributed by atoms with van der Waals surface area (Å²) in [5, 5.41) is 3.63. The van der Waals surface area contributed by atoms with E-state index in [9.17, 15) is 4.79 Å². The first-order chi connectivity index (χ1) is 11.7. The Kier molecular flexibility index (Phi) is 6.12. The average Bonchev–Trinajstić information content (AvgIpc) is 2.56. The van der Waals surface area contributed by atoms with Crippen LogP contribution in [-0.4, -0.2) is 12.0 Å². The molecule has 1 N–H and O–H groups in total. The number of benzene rings is 2. The molecule has 0 fully saturated rings. The van der Waals surface area contributed by atoms with E-state index >= 15 is 0 Å². The van der Waals surface area contributed by atoms with Crippen LogP contribution in [0.1, 0.15) is 51.8 Å². The van der Waals surface area contributed by atoms with Crippen LogP contribution in [0.2, 0.25) is 5.02 Å². The lowest BCUT2D eigenvalue weighted by molar-refractivity contribution is -0.127. The molecule has 0 heterocycles. The number of rotatable bonds is 5. The van der Waals surface area contributed by atoms with E-state index in [1.54, 1.807) is 31.2 Å². The predicted octanol–water partition coefficient (Wildman–Crippen LogP) is 5.28. The molecule has 2 aromatic rings. The van der Waals surface area contributed by atoms with Crippen molar-refractivity contribution in [2.24, 2.45) is 0 Å². The van der Waals surface area contributed by atoms with Gasteiger partial charge in [0.25, 0.3) is 5.91 Å². The van der Waals surface area contributed by atoms with Gasteiger partial charge in [0.15, 0.2) is 6.10 Å². The van der Waals surface area contributed by atoms with Crippen LogP contribution in [0.4, 0.5) is 0 Å². The minimum Gasteiger partial charge on any atom is -0.481 e. The smallest absolute Gasteiger partial charge is 0.261 e. The zero-order valence-corrected chi connectivity index (χ0v) is 16.2. The van der Waals surface area contributed by atoms with E-state index in [1.807, 2.05) is 6.92 Å². The molecule has 0 aromatic heterocycles. The van der Waals surface area contributed by atoms with Crippen molar-refractivity contribution in [3.8, 4) is 5.75 Å². The molecule has 0 radical (unpaired) electrons. The van der Waals surface area contributed by atoms with Crippen molar-refractivity contribution in [3.05, 3.63) is 64.7 Å². The standard InChI is InChI=1S/C21H26ClNO2/c1-14(16-6-8-17(9-7-16)21(3,4)5)23-20(24)15(2)25-19-12-10-18(22)11-13-19/h6-15H,1-5H3,(H,23,24)/t14-,15-/m0/s1. The summed E-state index contributed by atoms with van der Waals surface area (Å²) in [5.41, 5.74) is 2.46. The lowest BCUT2D eigenvalue weighted by Gasteiger charge is -2.22. The van der Waals surface area contributed by atoms with Gasteiger partial charge in [0.2, 0.25) is 0 Å². The van der Waals surface area contributed by atoms with Gasteiger partial charge in [-0.2, -0.15) is 0 Å². The second-order valence-electron chi connectivity index (χ2n) is 7.32. The molecule has 0 spiro atoms. The van der Waals surface area contributed by atoms with Crippen LogP contribution in [0.3, 0.4) is 0 Å². The number of halogens is 1. The van der Waals surface area contributed by atoms with Gasteiger partial charge in [-0.05, 0) is 54.7 Å². The fraction of sp³-hybridized carbons (Fsp3) is 0.381. The number of nitrogens with one attached hydrogen (secondary N) is 1. The highest BCUT2D eigenvalue weighted by molar-refractivity contribution is 6.30. The maximum atomic E-state index is 12.4. The topological polar surface area (TPSA) is 38.3 Å². The minimum atomic E-state index is -0.586. The summed E-state index contributed by atoms with van der Waals surface area (Å²) in [5.74, 6) is 0.469. The highest BCUT2D eigenvalue weighted by Crippen LogP contribution is 2.24. The van der Waals surface area contributed by atoms with Crippen molar-refractivity contribution in [3.63, 3.8) is 0 Å². The molecule has 0 aliphatic rings. The Morgan fingerprint density at radius 2 is 1.56 bits per heavy atom. The van der Waals surface area contributed by atoms with Crippen molar-refractivity contribution < 1.29 is 9.53 Å². The first-order valence-electron chi connectivity index (χ1n) is 8.50. The first-order valence-corrected chi connectivity index (χ1v) is 8.87. The number of ether oxygens (including phenoxy) is 1. The molecule has 0 saturated heterocycles. The van der Waals surface area contributed by atoms with E-state index in [0.29, 0.717) is 10.8 Å².